The summed E-state index contributed by atoms with van der Waals surface area (Å²) in [5.74, 6) is -2.23. The second-order valence-corrected chi connectivity index (χ2v) is 4.20. The van der Waals surface area contributed by atoms with E-state index in [4.69, 9.17) is 0 Å². The van der Waals surface area contributed by atoms with Gasteiger partial charge in [-0.3, -0.25) is 0 Å². The molecule has 21 heavy (non-hydrogen) atoms. The van der Waals surface area contributed by atoms with Crippen molar-refractivity contribution < 1.29 is 19.8 Å². The molecule has 0 atom stereocenters. The Morgan fingerprint density at radius 1 is 0.714 bits per heavy atom. The van der Waals surface area contributed by atoms with Crippen LogP contribution in [0.5, 0.6) is 0 Å². The van der Waals surface area contributed by atoms with Crippen LogP contribution in [-0.4, -0.2) is 60.8 Å². The third-order valence-corrected chi connectivity index (χ3v) is 2.73. The normalized spacial score (nSPS) is 8.86. The molecular formula is C16H14BaO4. The first-order valence-corrected chi connectivity index (χ1v) is 5.97. The first kappa shape index (κ1) is 20.0. The molecule has 104 valence electrons. The predicted molar refractivity (Wildman–Crippen MR) is 76.8 cm³/mol. The van der Waals surface area contributed by atoms with Gasteiger partial charge in [0.2, 0.25) is 0 Å². The third kappa shape index (κ3) is 6.50. The maximum atomic E-state index is 10.3. The van der Waals surface area contributed by atoms with Gasteiger partial charge in [0.1, 0.15) is 0 Å². The number of carbonyl (C=O) groups is 2. The fraction of sp³-hybridized carbons (Fsp3) is 0.125. The van der Waals surface area contributed by atoms with E-state index >= 15 is 0 Å². The minimum absolute atomic E-state index is 0. The molecule has 0 aromatic heterocycles. The van der Waals surface area contributed by atoms with Crippen LogP contribution in [0, 0.1) is 13.8 Å². The van der Waals surface area contributed by atoms with Crippen molar-refractivity contribution in [2.24, 2.45) is 0 Å². The van der Waals surface area contributed by atoms with Crippen LogP contribution in [0.25, 0.3) is 0 Å². The molecule has 5 heteroatoms. The monoisotopic (exact) mass is 408 g/mol. The first-order chi connectivity index (χ1) is 9.43. The van der Waals surface area contributed by atoms with E-state index in [2.05, 4.69) is 0 Å². The summed E-state index contributed by atoms with van der Waals surface area (Å²) in [5.41, 5.74) is 2.01. The molecule has 0 heterocycles. The van der Waals surface area contributed by atoms with Crippen LogP contribution in [-0.2, 0) is 0 Å². The van der Waals surface area contributed by atoms with E-state index in [1.807, 2.05) is 0 Å². The first-order valence-electron chi connectivity index (χ1n) is 5.97. The minimum atomic E-state index is -1.11. The van der Waals surface area contributed by atoms with Crippen molar-refractivity contribution in [2.45, 2.75) is 13.8 Å². The van der Waals surface area contributed by atoms with Crippen LogP contribution < -0.4 is 10.2 Å². The zero-order valence-electron chi connectivity index (χ0n) is 12.0. The molecule has 0 amide bonds. The van der Waals surface area contributed by atoms with Crippen LogP contribution in [0.2, 0.25) is 0 Å². The number of hydrogen-bond acceptors (Lipinski definition) is 4. The summed E-state index contributed by atoms with van der Waals surface area (Å²) in [5, 5.41) is 20.6. The Kier molecular flexibility index (Phi) is 9.32. The standard InChI is InChI=1S/2C8H8O2.Ba/c2*1-6-4-2-3-5-7(6)8(9)10;/h2*2-5H,1H3,(H,9,10);/q;;+2/p-2. The van der Waals surface area contributed by atoms with Gasteiger partial charge in [-0.2, -0.15) is 0 Å². The Hall–Kier alpha value is -1.05. The summed E-state index contributed by atoms with van der Waals surface area (Å²) in [6.07, 6.45) is 0. The van der Waals surface area contributed by atoms with Crippen molar-refractivity contribution in [3.8, 4) is 0 Å². The zero-order valence-corrected chi connectivity index (χ0v) is 16.4. The van der Waals surface area contributed by atoms with Gasteiger partial charge >= 0.3 is 48.9 Å². The van der Waals surface area contributed by atoms with E-state index < -0.39 is 11.9 Å². The number of carbonyl (C=O) groups excluding carboxylic acids is 2. The largest absolute Gasteiger partial charge is 2.00 e. The number of rotatable bonds is 2. The fourth-order valence-corrected chi connectivity index (χ4v) is 1.60. The van der Waals surface area contributed by atoms with Gasteiger partial charge in [-0.15, -0.1) is 0 Å². The molecule has 0 radical (unpaired) electrons. The van der Waals surface area contributed by atoms with Gasteiger partial charge in [-0.05, 0) is 25.0 Å². The van der Waals surface area contributed by atoms with Gasteiger partial charge in [0.15, 0.2) is 0 Å². The van der Waals surface area contributed by atoms with Crippen molar-refractivity contribution in [2.75, 3.05) is 0 Å². The Bertz CT molecular complexity index is 568. The molecule has 0 unspecified atom stereocenters. The number of carboxylic acids is 2. The van der Waals surface area contributed by atoms with Gasteiger partial charge in [0.25, 0.3) is 0 Å². The van der Waals surface area contributed by atoms with Gasteiger partial charge < -0.3 is 19.8 Å². The Morgan fingerprint density at radius 2 is 1.00 bits per heavy atom. The topological polar surface area (TPSA) is 80.3 Å². The number of benzene rings is 2. The zero-order chi connectivity index (χ0) is 15.1. The summed E-state index contributed by atoms with van der Waals surface area (Å²) in [7, 11) is 0. The van der Waals surface area contributed by atoms with Crippen molar-refractivity contribution in [1.82, 2.24) is 0 Å². The summed E-state index contributed by atoms with van der Waals surface area (Å²) in [6.45, 7) is 3.48. The van der Waals surface area contributed by atoms with Gasteiger partial charge in [-0.1, -0.05) is 48.5 Å². The van der Waals surface area contributed by atoms with E-state index in [0.29, 0.717) is 0 Å². The van der Waals surface area contributed by atoms with E-state index in [9.17, 15) is 19.8 Å². The molecule has 2 aromatic rings. The number of aromatic carboxylic acids is 2. The molecular weight excluding hydrogens is 394 g/mol. The van der Waals surface area contributed by atoms with Crippen molar-refractivity contribution >= 4 is 60.8 Å². The smallest absolute Gasteiger partial charge is 0.545 e. The van der Waals surface area contributed by atoms with Gasteiger partial charge in [-0.25, -0.2) is 0 Å². The average Bonchev–Trinajstić information content (AvgIpc) is 2.40. The van der Waals surface area contributed by atoms with Crippen molar-refractivity contribution in [3.05, 3.63) is 70.8 Å². The number of hydrogen-bond donors (Lipinski definition) is 0. The molecule has 2 aromatic carbocycles. The van der Waals surface area contributed by atoms with Gasteiger partial charge in [0, 0.05) is 11.1 Å². The van der Waals surface area contributed by atoms with Gasteiger partial charge in [0.05, 0.1) is 11.9 Å². The van der Waals surface area contributed by atoms with Crippen LogP contribution in [0.1, 0.15) is 31.8 Å². The SMILES string of the molecule is Cc1ccccc1C(=O)[O-].Cc1ccccc1C(=O)[O-].[Ba+2]. The average molecular weight is 408 g/mol. The molecule has 0 saturated carbocycles. The molecule has 0 N–H and O–H groups in total. The summed E-state index contributed by atoms with van der Waals surface area (Å²) >= 11 is 0. The Balaban J connectivity index is 0.000000364. The van der Waals surface area contributed by atoms with Crippen LogP contribution in [0.15, 0.2) is 48.5 Å². The Morgan fingerprint density at radius 3 is 1.19 bits per heavy atom. The molecule has 2 rings (SSSR count). The van der Waals surface area contributed by atoms with E-state index in [1.54, 1.807) is 50.2 Å². The van der Waals surface area contributed by atoms with Crippen LogP contribution >= 0.6 is 0 Å². The summed E-state index contributed by atoms with van der Waals surface area (Å²) in [6, 6.07) is 13.5. The van der Waals surface area contributed by atoms with E-state index in [-0.39, 0.29) is 60.0 Å². The summed E-state index contributed by atoms with van der Waals surface area (Å²) in [4.78, 5) is 20.6. The molecule has 0 aliphatic carbocycles. The van der Waals surface area contributed by atoms with Crippen LogP contribution in [0.3, 0.4) is 0 Å². The maximum Gasteiger partial charge on any atom is 2.00 e. The quantitative estimate of drug-likeness (QED) is 0.672. The second kappa shape index (κ2) is 9.81. The number of carboxylic acid groups (broad SMARTS) is 2. The molecule has 0 spiro atoms. The molecule has 4 nitrogen and oxygen atoms in total. The van der Waals surface area contributed by atoms with Crippen molar-refractivity contribution in [1.29, 1.82) is 0 Å². The van der Waals surface area contributed by atoms with E-state index in [1.165, 1.54) is 12.1 Å². The second-order valence-electron chi connectivity index (χ2n) is 4.20. The molecule has 0 fully saturated rings. The molecule has 0 aliphatic heterocycles. The predicted octanol–water partition coefficient (Wildman–Crippen LogP) is 0.336. The number of aryl methyl sites for hydroxylation is 2. The van der Waals surface area contributed by atoms with Crippen molar-refractivity contribution in [3.63, 3.8) is 0 Å². The molecule has 0 saturated heterocycles. The fourth-order valence-electron chi connectivity index (χ4n) is 1.60. The van der Waals surface area contributed by atoms with Crippen LogP contribution in [0.4, 0.5) is 0 Å². The maximum absolute atomic E-state index is 10.3. The summed E-state index contributed by atoms with van der Waals surface area (Å²) < 4.78 is 0. The third-order valence-electron chi connectivity index (χ3n) is 2.73. The molecule has 0 aliphatic rings. The Labute approximate surface area is 163 Å². The molecule has 0 bridgehead atoms. The minimum Gasteiger partial charge on any atom is -0.545 e. The van der Waals surface area contributed by atoms with E-state index in [0.717, 1.165) is 11.1 Å².